The number of nitriles is 1. The number of carbonyl (C=O) groups is 2. The highest BCUT2D eigenvalue weighted by molar-refractivity contribution is 6.06. The van der Waals surface area contributed by atoms with Crippen molar-refractivity contribution in [3.05, 3.63) is 30.0 Å². The van der Waals surface area contributed by atoms with Gasteiger partial charge >= 0.3 is 0 Å². The van der Waals surface area contributed by atoms with Gasteiger partial charge in [0, 0.05) is 18.4 Å². The Kier molecular flexibility index (Phi) is 5.42. The van der Waals surface area contributed by atoms with E-state index in [1.807, 2.05) is 45.0 Å². The van der Waals surface area contributed by atoms with Gasteiger partial charge in [-0.3, -0.25) is 14.3 Å². The molecule has 1 aromatic carbocycles. The number of rotatable bonds is 6. The van der Waals surface area contributed by atoms with Gasteiger partial charge < -0.3 is 11.1 Å². The largest absolute Gasteiger partial charge is 0.368 e. The van der Waals surface area contributed by atoms with Gasteiger partial charge in [-0.2, -0.15) is 10.4 Å². The van der Waals surface area contributed by atoms with Crippen molar-refractivity contribution in [3.8, 4) is 6.07 Å². The van der Waals surface area contributed by atoms with Gasteiger partial charge in [-0.15, -0.1) is 0 Å². The molecule has 7 nitrogen and oxygen atoms in total. The van der Waals surface area contributed by atoms with Crippen molar-refractivity contribution < 1.29 is 9.59 Å². The summed E-state index contributed by atoms with van der Waals surface area (Å²) in [5.41, 5.74) is 6.00. The van der Waals surface area contributed by atoms with E-state index in [0.717, 1.165) is 5.52 Å². The van der Waals surface area contributed by atoms with Crippen LogP contribution in [0.1, 0.15) is 44.1 Å². The van der Waals surface area contributed by atoms with Crippen LogP contribution in [0.15, 0.2) is 24.3 Å². The van der Waals surface area contributed by atoms with Crippen LogP contribution in [0, 0.1) is 16.7 Å². The number of hydrogen-bond donors (Lipinski definition) is 2. The van der Waals surface area contributed by atoms with Crippen LogP contribution in [0.25, 0.3) is 10.9 Å². The summed E-state index contributed by atoms with van der Waals surface area (Å²) in [6.07, 6.45) is 1.07. The minimum atomic E-state index is -0.803. The average molecular weight is 341 g/mol. The lowest BCUT2D eigenvalue weighted by Crippen LogP contribution is -2.52. The molecule has 0 saturated carbocycles. The molecule has 1 heterocycles. The highest BCUT2D eigenvalue weighted by Crippen LogP contribution is 2.22. The van der Waals surface area contributed by atoms with Crippen LogP contribution in [-0.2, 0) is 11.3 Å². The van der Waals surface area contributed by atoms with Gasteiger partial charge in [0.2, 0.25) is 5.91 Å². The normalized spacial score (nSPS) is 12.6. The lowest BCUT2D eigenvalue weighted by Gasteiger charge is -2.28. The van der Waals surface area contributed by atoms with E-state index in [4.69, 9.17) is 11.0 Å². The number of carbonyl (C=O) groups excluding carboxylic acids is 2. The van der Waals surface area contributed by atoms with Gasteiger partial charge in [-0.1, -0.05) is 39.0 Å². The van der Waals surface area contributed by atoms with Gasteiger partial charge in [0.1, 0.15) is 6.04 Å². The fourth-order valence-corrected chi connectivity index (χ4v) is 2.69. The van der Waals surface area contributed by atoms with Crippen LogP contribution in [0.4, 0.5) is 0 Å². The molecule has 1 unspecified atom stereocenters. The summed E-state index contributed by atoms with van der Waals surface area (Å²) in [5.74, 6) is -1.02. The van der Waals surface area contributed by atoms with Crippen LogP contribution < -0.4 is 11.1 Å². The van der Waals surface area contributed by atoms with E-state index >= 15 is 0 Å². The number of hydrogen-bond acceptors (Lipinski definition) is 4. The maximum absolute atomic E-state index is 12.7. The van der Waals surface area contributed by atoms with E-state index < -0.39 is 23.3 Å². The lowest BCUT2D eigenvalue weighted by molar-refractivity contribution is -0.122. The highest BCUT2D eigenvalue weighted by atomic mass is 16.2. The van der Waals surface area contributed by atoms with Crippen molar-refractivity contribution in [2.24, 2.45) is 11.1 Å². The number of aromatic nitrogens is 2. The number of nitrogens with zero attached hydrogens (tertiary/aromatic N) is 3. The predicted molar refractivity (Wildman–Crippen MR) is 94.5 cm³/mol. The molecule has 0 aliphatic carbocycles. The third-order valence-corrected chi connectivity index (χ3v) is 3.96. The minimum Gasteiger partial charge on any atom is -0.368 e. The number of amides is 2. The quantitative estimate of drug-likeness (QED) is 0.782. The van der Waals surface area contributed by atoms with Gasteiger partial charge in [-0.05, 0) is 17.9 Å². The number of nitrogens with one attached hydrogen (secondary N) is 1. The lowest BCUT2D eigenvalue weighted by atomic mass is 9.86. The van der Waals surface area contributed by atoms with Crippen LogP contribution in [0.2, 0.25) is 0 Å². The second-order valence-corrected chi connectivity index (χ2v) is 7.03. The molecule has 0 aliphatic heterocycles. The van der Waals surface area contributed by atoms with Crippen molar-refractivity contribution in [3.63, 3.8) is 0 Å². The van der Waals surface area contributed by atoms with E-state index in [9.17, 15) is 9.59 Å². The molecule has 2 amide bonds. The number of primary amides is 1. The Morgan fingerprint density at radius 2 is 2.04 bits per heavy atom. The van der Waals surface area contributed by atoms with Crippen molar-refractivity contribution in [2.45, 2.75) is 46.2 Å². The van der Waals surface area contributed by atoms with Crippen molar-refractivity contribution >= 4 is 22.7 Å². The second kappa shape index (κ2) is 7.34. The van der Waals surface area contributed by atoms with E-state index in [1.165, 1.54) is 0 Å². The molecule has 7 heteroatoms. The highest BCUT2D eigenvalue weighted by Gasteiger charge is 2.32. The molecule has 1 aromatic heterocycles. The monoisotopic (exact) mass is 341 g/mol. The summed E-state index contributed by atoms with van der Waals surface area (Å²) in [6, 6.07) is 8.68. The smallest absolute Gasteiger partial charge is 0.273 e. The molecular weight excluding hydrogens is 318 g/mol. The van der Waals surface area contributed by atoms with Crippen molar-refractivity contribution in [1.82, 2.24) is 15.1 Å². The minimum absolute atomic E-state index is 0.253. The first kappa shape index (κ1) is 18.5. The van der Waals surface area contributed by atoms with E-state index in [2.05, 4.69) is 16.5 Å². The summed E-state index contributed by atoms with van der Waals surface area (Å²) in [4.78, 5) is 24.4. The molecule has 2 rings (SSSR count). The molecule has 0 fully saturated rings. The number of aryl methyl sites for hydroxylation is 1. The van der Waals surface area contributed by atoms with Gasteiger partial charge in [0.15, 0.2) is 5.69 Å². The molecule has 0 radical (unpaired) electrons. The topological polar surface area (TPSA) is 114 Å². The zero-order valence-electron chi connectivity index (χ0n) is 14.7. The Bertz CT molecular complexity index is 826. The molecule has 1 atom stereocenters. The summed E-state index contributed by atoms with van der Waals surface area (Å²) < 4.78 is 1.72. The predicted octanol–water partition coefficient (Wildman–Crippen LogP) is 1.97. The maximum atomic E-state index is 12.7. The first-order valence-electron chi connectivity index (χ1n) is 8.18. The molecule has 3 N–H and O–H groups in total. The number of para-hydroxylation sites is 1. The first-order valence-corrected chi connectivity index (χ1v) is 8.18. The zero-order valence-corrected chi connectivity index (χ0v) is 14.7. The number of nitrogens with two attached hydrogens (primary N) is 1. The molecule has 132 valence electrons. The average Bonchev–Trinajstić information content (AvgIpc) is 2.90. The number of fused-ring (bicyclic) bond motifs is 1. The Morgan fingerprint density at radius 1 is 1.36 bits per heavy atom. The van der Waals surface area contributed by atoms with Gasteiger partial charge in [-0.25, -0.2) is 0 Å². The fourth-order valence-electron chi connectivity index (χ4n) is 2.69. The molecule has 0 saturated heterocycles. The number of benzene rings is 1. The third kappa shape index (κ3) is 4.15. The Balaban J connectivity index is 2.35. The summed E-state index contributed by atoms with van der Waals surface area (Å²) >= 11 is 0. The molecule has 0 aliphatic rings. The van der Waals surface area contributed by atoms with Gasteiger partial charge in [0.25, 0.3) is 5.91 Å². The van der Waals surface area contributed by atoms with Crippen LogP contribution in [0.5, 0.6) is 0 Å². The zero-order chi connectivity index (χ0) is 18.6. The first-order chi connectivity index (χ1) is 11.8. The summed E-state index contributed by atoms with van der Waals surface area (Å²) in [6.45, 7) is 6.05. The summed E-state index contributed by atoms with van der Waals surface area (Å²) in [5, 5.41) is 16.5. The standard InChI is InChI=1S/C18H23N5O2/c1-18(2,3)15(16(20)24)21-17(25)14-12-8-4-5-9-13(12)23(22-14)11-7-6-10-19/h4-5,8-9,15H,6-7,11H2,1-3H3,(H2,20,24)(H,21,25). The van der Waals surface area contributed by atoms with Crippen LogP contribution >= 0.6 is 0 Å². The SMILES string of the molecule is CC(C)(C)C(NC(=O)c1nn(CCCC#N)c2ccccc12)C(N)=O. The van der Waals surface area contributed by atoms with Crippen molar-refractivity contribution in [1.29, 1.82) is 5.26 Å². The molecule has 2 aromatic rings. The Hall–Kier alpha value is -2.88. The van der Waals surface area contributed by atoms with E-state index in [1.54, 1.807) is 4.68 Å². The van der Waals surface area contributed by atoms with Crippen molar-refractivity contribution in [2.75, 3.05) is 0 Å². The molecule has 0 spiro atoms. The van der Waals surface area contributed by atoms with Gasteiger partial charge in [0.05, 0.1) is 11.6 Å². The van der Waals surface area contributed by atoms with E-state index in [-0.39, 0.29) is 5.69 Å². The second-order valence-electron chi connectivity index (χ2n) is 7.03. The van der Waals surface area contributed by atoms with E-state index in [0.29, 0.717) is 24.8 Å². The third-order valence-electron chi connectivity index (χ3n) is 3.96. The molecule has 0 bridgehead atoms. The Labute approximate surface area is 146 Å². The fraction of sp³-hybridized carbons (Fsp3) is 0.444. The van der Waals surface area contributed by atoms with Crippen LogP contribution in [-0.4, -0.2) is 27.6 Å². The number of unbranched alkanes of at least 4 members (excludes halogenated alkanes) is 1. The maximum Gasteiger partial charge on any atom is 0.273 e. The van der Waals surface area contributed by atoms with Crippen LogP contribution in [0.3, 0.4) is 0 Å². The molecule has 25 heavy (non-hydrogen) atoms. The Morgan fingerprint density at radius 3 is 2.64 bits per heavy atom. The molecular formula is C18H23N5O2. The summed E-state index contributed by atoms with van der Waals surface area (Å²) in [7, 11) is 0.